The maximum absolute atomic E-state index is 11.2. The molecule has 1 aliphatic heterocycles. The second kappa shape index (κ2) is 12.2. The second-order valence-electron chi connectivity index (χ2n) is 10.7. The summed E-state index contributed by atoms with van der Waals surface area (Å²) in [6, 6.07) is 20.4. The van der Waals surface area contributed by atoms with Crippen molar-refractivity contribution >= 4 is 23.1 Å². The standard InChI is InChI=1S/C34H30O11/c35-16-27-30(40)31(41)32(42)34(45-27)43-24-9-5-19(6-10-24)33-28(20-13-22(37)15-23(38)14-20)29-25(39)11-18(12-26(29)44-33)2-1-17-3-7-21(36)8-4-17/h1-15,27,30-32,34-42H,16H2/b2-1+/t27-,30-,31+,32-,34-/m1/s1. The number of aromatic hydroxyl groups is 4. The van der Waals surface area contributed by atoms with Crippen LogP contribution in [0.4, 0.5) is 0 Å². The van der Waals surface area contributed by atoms with Crippen LogP contribution < -0.4 is 4.74 Å². The number of aliphatic hydroxyl groups excluding tert-OH is 4. The average Bonchev–Trinajstić information content (AvgIpc) is 3.41. The van der Waals surface area contributed by atoms with Gasteiger partial charge in [0.2, 0.25) is 6.29 Å². The first-order chi connectivity index (χ1) is 21.6. The van der Waals surface area contributed by atoms with Gasteiger partial charge in [0.1, 0.15) is 64.5 Å². The minimum absolute atomic E-state index is 0.103. The van der Waals surface area contributed by atoms with E-state index in [0.717, 1.165) is 5.56 Å². The Morgan fingerprint density at radius 3 is 2.00 bits per heavy atom. The molecule has 0 radical (unpaired) electrons. The van der Waals surface area contributed by atoms with E-state index in [4.69, 9.17) is 13.9 Å². The average molecular weight is 615 g/mol. The molecule has 1 aromatic heterocycles. The molecule has 0 bridgehead atoms. The summed E-state index contributed by atoms with van der Waals surface area (Å²) in [5.74, 6) is 0.203. The molecule has 2 heterocycles. The lowest BCUT2D eigenvalue weighted by atomic mass is 9.96. The van der Waals surface area contributed by atoms with Crippen LogP contribution in [0.1, 0.15) is 11.1 Å². The van der Waals surface area contributed by atoms with E-state index in [0.29, 0.717) is 39.0 Å². The number of hydrogen-bond acceptors (Lipinski definition) is 11. The fourth-order valence-electron chi connectivity index (χ4n) is 5.30. The van der Waals surface area contributed by atoms with Crippen LogP contribution in [-0.2, 0) is 4.74 Å². The molecule has 11 heteroatoms. The van der Waals surface area contributed by atoms with E-state index in [-0.39, 0.29) is 28.7 Å². The number of ether oxygens (including phenoxy) is 2. The number of phenols is 4. The van der Waals surface area contributed by atoms with E-state index in [2.05, 4.69) is 0 Å². The summed E-state index contributed by atoms with van der Waals surface area (Å²) in [4.78, 5) is 0. The van der Waals surface area contributed by atoms with Crippen LogP contribution in [0.3, 0.4) is 0 Å². The zero-order chi connectivity index (χ0) is 31.8. The Hall–Kier alpha value is -5.04. The minimum atomic E-state index is -1.59. The molecule has 6 rings (SSSR count). The molecular formula is C34H30O11. The molecule has 0 spiro atoms. The molecular weight excluding hydrogens is 584 g/mol. The first-order valence-corrected chi connectivity index (χ1v) is 14.0. The molecule has 1 saturated heterocycles. The van der Waals surface area contributed by atoms with E-state index in [1.54, 1.807) is 66.7 Å². The summed E-state index contributed by atoms with van der Waals surface area (Å²) < 4.78 is 17.4. The van der Waals surface area contributed by atoms with Crippen LogP contribution in [0.5, 0.6) is 28.7 Å². The summed E-state index contributed by atoms with van der Waals surface area (Å²) >= 11 is 0. The zero-order valence-electron chi connectivity index (χ0n) is 23.6. The molecule has 4 aromatic carbocycles. The molecule has 11 nitrogen and oxygen atoms in total. The molecule has 0 aliphatic carbocycles. The highest BCUT2D eigenvalue weighted by molar-refractivity contribution is 6.06. The smallest absolute Gasteiger partial charge is 0.229 e. The van der Waals surface area contributed by atoms with Crippen molar-refractivity contribution in [3.8, 4) is 51.2 Å². The molecule has 45 heavy (non-hydrogen) atoms. The quantitative estimate of drug-likeness (QED) is 0.124. The van der Waals surface area contributed by atoms with Crippen molar-refractivity contribution in [2.45, 2.75) is 30.7 Å². The second-order valence-corrected chi connectivity index (χ2v) is 10.7. The van der Waals surface area contributed by atoms with Gasteiger partial charge >= 0.3 is 0 Å². The van der Waals surface area contributed by atoms with Crippen molar-refractivity contribution in [2.24, 2.45) is 0 Å². The van der Waals surface area contributed by atoms with Gasteiger partial charge in [-0.15, -0.1) is 0 Å². The van der Waals surface area contributed by atoms with Gasteiger partial charge in [0.15, 0.2) is 0 Å². The summed E-state index contributed by atoms with van der Waals surface area (Å²) in [5.41, 5.74) is 3.10. The van der Waals surface area contributed by atoms with Crippen LogP contribution in [0.15, 0.2) is 83.3 Å². The molecule has 0 saturated carbocycles. The van der Waals surface area contributed by atoms with Gasteiger partial charge in [-0.2, -0.15) is 0 Å². The van der Waals surface area contributed by atoms with Gasteiger partial charge in [0.25, 0.3) is 0 Å². The number of fused-ring (bicyclic) bond motifs is 1. The van der Waals surface area contributed by atoms with E-state index < -0.39 is 37.3 Å². The monoisotopic (exact) mass is 614 g/mol. The molecule has 1 aliphatic rings. The van der Waals surface area contributed by atoms with E-state index >= 15 is 0 Å². The van der Waals surface area contributed by atoms with Gasteiger partial charge in [0, 0.05) is 17.2 Å². The number of furan rings is 1. The van der Waals surface area contributed by atoms with Crippen LogP contribution in [0, 0.1) is 0 Å². The van der Waals surface area contributed by atoms with E-state index in [9.17, 15) is 40.9 Å². The first-order valence-electron chi connectivity index (χ1n) is 14.0. The maximum atomic E-state index is 11.2. The highest BCUT2D eigenvalue weighted by Gasteiger charge is 2.44. The number of hydrogen-bond donors (Lipinski definition) is 8. The fraction of sp³-hybridized carbons (Fsp3) is 0.176. The van der Waals surface area contributed by atoms with Crippen LogP contribution in [-0.4, -0.2) is 78.2 Å². The molecule has 0 amide bonds. The fourth-order valence-corrected chi connectivity index (χ4v) is 5.30. The van der Waals surface area contributed by atoms with Crippen molar-refractivity contribution in [3.05, 3.63) is 90.0 Å². The predicted molar refractivity (Wildman–Crippen MR) is 164 cm³/mol. The lowest BCUT2D eigenvalue weighted by Gasteiger charge is -2.39. The number of phenolic OH excluding ortho intramolecular Hbond substituents is 4. The molecule has 0 unspecified atom stereocenters. The van der Waals surface area contributed by atoms with Crippen LogP contribution in [0.25, 0.3) is 45.6 Å². The minimum Gasteiger partial charge on any atom is -0.508 e. The third-order valence-corrected chi connectivity index (χ3v) is 7.56. The Bertz CT molecular complexity index is 1820. The van der Waals surface area contributed by atoms with E-state index in [1.165, 1.54) is 18.2 Å². The first kappa shape index (κ1) is 30.0. The Kier molecular flexibility index (Phi) is 8.11. The van der Waals surface area contributed by atoms with Gasteiger partial charge in [-0.25, -0.2) is 0 Å². The summed E-state index contributed by atoms with van der Waals surface area (Å²) in [5, 5.41) is 81.4. The van der Waals surface area contributed by atoms with E-state index in [1.807, 2.05) is 6.08 Å². The molecule has 8 N–H and O–H groups in total. The largest absolute Gasteiger partial charge is 0.508 e. The van der Waals surface area contributed by atoms with Crippen molar-refractivity contribution < 1.29 is 54.7 Å². The molecule has 232 valence electrons. The van der Waals surface area contributed by atoms with Crippen molar-refractivity contribution in [3.63, 3.8) is 0 Å². The van der Waals surface area contributed by atoms with Crippen LogP contribution >= 0.6 is 0 Å². The van der Waals surface area contributed by atoms with Gasteiger partial charge in [0.05, 0.1) is 12.0 Å². The molecule has 5 atom stereocenters. The Labute approximate surface area is 256 Å². The Balaban J connectivity index is 1.38. The van der Waals surface area contributed by atoms with Crippen molar-refractivity contribution in [1.82, 2.24) is 0 Å². The highest BCUT2D eigenvalue weighted by Crippen LogP contribution is 2.46. The SMILES string of the molecule is OC[C@H]1O[C@@H](Oc2ccc(-c3oc4cc(/C=C/c5ccc(O)cc5)cc(O)c4c3-c3cc(O)cc(O)c3)cc2)[C@H](O)[C@@H](O)[C@@H]1O. The zero-order valence-corrected chi connectivity index (χ0v) is 23.6. The normalized spacial score (nSPS) is 21.8. The summed E-state index contributed by atoms with van der Waals surface area (Å²) in [7, 11) is 0. The third kappa shape index (κ3) is 6.03. The van der Waals surface area contributed by atoms with Gasteiger partial charge in [-0.1, -0.05) is 24.3 Å². The maximum Gasteiger partial charge on any atom is 0.229 e. The highest BCUT2D eigenvalue weighted by atomic mass is 16.7. The van der Waals surface area contributed by atoms with Crippen molar-refractivity contribution in [1.29, 1.82) is 0 Å². The van der Waals surface area contributed by atoms with Gasteiger partial charge in [-0.05, 0) is 77.4 Å². The number of rotatable bonds is 7. The number of benzene rings is 4. The lowest BCUT2D eigenvalue weighted by Crippen LogP contribution is -2.60. The third-order valence-electron chi connectivity index (χ3n) is 7.56. The van der Waals surface area contributed by atoms with Gasteiger partial charge in [-0.3, -0.25) is 0 Å². The van der Waals surface area contributed by atoms with Crippen molar-refractivity contribution in [2.75, 3.05) is 6.61 Å². The lowest BCUT2D eigenvalue weighted by molar-refractivity contribution is -0.277. The Morgan fingerprint density at radius 1 is 0.667 bits per heavy atom. The predicted octanol–water partition coefficient (Wildman–Crippen LogP) is 3.94. The van der Waals surface area contributed by atoms with Gasteiger partial charge < -0.3 is 54.7 Å². The topological polar surface area (TPSA) is 193 Å². The Morgan fingerprint density at radius 2 is 1.33 bits per heavy atom. The number of aliphatic hydroxyl groups is 4. The molecule has 1 fully saturated rings. The summed E-state index contributed by atoms with van der Waals surface area (Å²) in [6.45, 7) is -0.593. The molecule has 5 aromatic rings. The van der Waals surface area contributed by atoms with Crippen LogP contribution in [0.2, 0.25) is 0 Å². The summed E-state index contributed by atoms with van der Waals surface area (Å²) in [6.07, 6.45) is -3.60.